The molecule has 0 aliphatic carbocycles. The molecule has 1 aromatic heterocycles. The van der Waals surface area contributed by atoms with Gasteiger partial charge >= 0.3 is 0 Å². The zero-order valence-corrected chi connectivity index (χ0v) is 9.80. The second kappa shape index (κ2) is 4.95. The summed E-state index contributed by atoms with van der Waals surface area (Å²) in [7, 11) is 0. The molecular weight excluding hydrogens is 218 g/mol. The third-order valence-corrected chi connectivity index (χ3v) is 2.98. The van der Waals surface area contributed by atoms with Gasteiger partial charge < -0.3 is 9.80 Å². The summed E-state index contributed by atoms with van der Waals surface area (Å²) in [6.07, 6.45) is 2.44. The van der Waals surface area contributed by atoms with Crippen molar-refractivity contribution >= 4 is 17.9 Å². The number of hydrogen-bond acceptors (Lipinski definition) is 4. The zero-order chi connectivity index (χ0) is 12.3. The Kier molecular flexibility index (Phi) is 3.37. The maximum absolute atomic E-state index is 11.2. The highest BCUT2D eigenvalue weighted by Gasteiger charge is 2.18. The van der Waals surface area contributed by atoms with Crippen LogP contribution in [0.1, 0.15) is 17.4 Å². The van der Waals surface area contributed by atoms with E-state index >= 15 is 0 Å². The van der Waals surface area contributed by atoms with Crippen molar-refractivity contribution in [1.29, 1.82) is 0 Å². The molecule has 0 atom stereocenters. The number of nitrogens with zero attached hydrogens (tertiary/aromatic N) is 3. The molecule has 1 aliphatic rings. The fourth-order valence-electron chi connectivity index (χ4n) is 1.93. The fourth-order valence-corrected chi connectivity index (χ4v) is 1.93. The van der Waals surface area contributed by atoms with Gasteiger partial charge in [0.05, 0.1) is 11.9 Å². The van der Waals surface area contributed by atoms with Crippen LogP contribution in [0.3, 0.4) is 0 Å². The first kappa shape index (κ1) is 11.6. The molecule has 0 aromatic carbocycles. The van der Waals surface area contributed by atoms with Crippen LogP contribution in [-0.4, -0.2) is 48.3 Å². The molecule has 5 heteroatoms. The van der Waals surface area contributed by atoms with E-state index < -0.39 is 0 Å². The van der Waals surface area contributed by atoms with Crippen molar-refractivity contribution in [2.75, 3.05) is 31.1 Å². The summed E-state index contributed by atoms with van der Waals surface area (Å²) in [6, 6.07) is 3.60. The number of aromatic nitrogens is 1. The van der Waals surface area contributed by atoms with Crippen LogP contribution < -0.4 is 4.90 Å². The Bertz CT molecular complexity index is 408. The summed E-state index contributed by atoms with van der Waals surface area (Å²) in [5.41, 5.74) is 1.44. The second-order valence-corrected chi connectivity index (χ2v) is 4.05. The minimum atomic E-state index is 0.124. The van der Waals surface area contributed by atoms with Gasteiger partial charge in [-0.05, 0) is 12.1 Å². The molecule has 17 heavy (non-hydrogen) atoms. The molecule has 1 saturated heterocycles. The van der Waals surface area contributed by atoms with E-state index in [1.54, 1.807) is 19.2 Å². The molecule has 1 amide bonds. The van der Waals surface area contributed by atoms with Gasteiger partial charge in [-0.3, -0.25) is 14.6 Å². The normalized spacial score (nSPS) is 15.8. The van der Waals surface area contributed by atoms with E-state index in [2.05, 4.69) is 9.88 Å². The number of carbonyl (C=O) groups is 2. The quantitative estimate of drug-likeness (QED) is 0.700. The monoisotopic (exact) mass is 233 g/mol. The van der Waals surface area contributed by atoms with Gasteiger partial charge in [-0.25, -0.2) is 0 Å². The maximum Gasteiger partial charge on any atom is 0.219 e. The Balaban J connectivity index is 2.00. The lowest BCUT2D eigenvalue weighted by molar-refractivity contribution is -0.129. The molecular formula is C12H15N3O2. The van der Waals surface area contributed by atoms with E-state index in [4.69, 9.17) is 0 Å². The van der Waals surface area contributed by atoms with E-state index in [9.17, 15) is 9.59 Å². The predicted molar refractivity (Wildman–Crippen MR) is 64.1 cm³/mol. The lowest BCUT2D eigenvalue weighted by Gasteiger charge is -2.35. The number of aldehydes is 1. The third-order valence-electron chi connectivity index (χ3n) is 2.98. The van der Waals surface area contributed by atoms with Crippen molar-refractivity contribution in [3.05, 3.63) is 24.0 Å². The fraction of sp³-hybridized carbons (Fsp3) is 0.417. The highest BCUT2D eigenvalue weighted by molar-refractivity contribution is 5.74. The number of pyridine rings is 1. The SMILES string of the molecule is CC(=O)N1CCN(c2ccc(C=O)nc2)CC1. The van der Waals surface area contributed by atoms with Gasteiger partial charge in [-0.15, -0.1) is 0 Å². The topological polar surface area (TPSA) is 53.5 Å². The van der Waals surface area contributed by atoms with Crippen LogP contribution in [-0.2, 0) is 4.79 Å². The number of carbonyl (C=O) groups excluding carboxylic acids is 2. The molecule has 5 nitrogen and oxygen atoms in total. The summed E-state index contributed by atoms with van der Waals surface area (Å²) >= 11 is 0. The van der Waals surface area contributed by atoms with Gasteiger partial charge in [-0.2, -0.15) is 0 Å². The van der Waals surface area contributed by atoms with Crippen molar-refractivity contribution in [1.82, 2.24) is 9.88 Å². The Morgan fingerprint density at radius 2 is 2.00 bits per heavy atom. The first-order chi connectivity index (χ1) is 8.20. The molecule has 0 N–H and O–H groups in total. The van der Waals surface area contributed by atoms with E-state index in [1.807, 2.05) is 11.0 Å². The van der Waals surface area contributed by atoms with Crippen LogP contribution in [0.5, 0.6) is 0 Å². The Labute approximate surface area is 100 Å². The van der Waals surface area contributed by atoms with Gasteiger partial charge in [0.1, 0.15) is 5.69 Å². The Hall–Kier alpha value is -1.91. The molecule has 1 aliphatic heterocycles. The number of rotatable bonds is 2. The van der Waals surface area contributed by atoms with Gasteiger partial charge in [0.15, 0.2) is 6.29 Å². The molecule has 0 saturated carbocycles. The second-order valence-electron chi connectivity index (χ2n) is 4.05. The van der Waals surface area contributed by atoms with Crippen LogP contribution in [0.2, 0.25) is 0 Å². The summed E-state index contributed by atoms with van der Waals surface area (Å²) in [5.74, 6) is 0.124. The number of anilines is 1. The molecule has 2 heterocycles. The molecule has 0 radical (unpaired) electrons. The van der Waals surface area contributed by atoms with Gasteiger partial charge in [0.25, 0.3) is 0 Å². The minimum absolute atomic E-state index is 0.124. The molecule has 1 aromatic rings. The molecule has 2 rings (SSSR count). The van der Waals surface area contributed by atoms with Crippen LogP contribution in [0, 0.1) is 0 Å². The molecule has 1 fully saturated rings. The van der Waals surface area contributed by atoms with E-state index in [1.165, 1.54) is 0 Å². The summed E-state index contributed by atoms with van der Waals surface area (Å²) < 4.78 is 0. The van der Waals surface area contributed by atoms with Crippen molar-refractivity contribution in [3.8, 4) is 0 Å². The smallest absolute Gasteiger partial charge is 0.219 e. The molecule has 0 bridgehead atoms. The average molecular weight is 233 g/mol. The lowest BCUT2D eigenvalue weighted by Crippen LogP contribution is -2.48. The van der Waals surface area contributed by atoms with Gasteiger partial charge in [0.2, 0.25) is 5.91 Å². The first-order valence-electron chi connectivity index (χ1n) is 5.62. The van der Waals surface area contributed by atoms with Crippen molar-refractivity contribution < 1.29 is 9.59 Å². The third kappa shape index (κ3) is 2.61. The lowest BCUT2D eigenvalue weighted by atomic mass is 10.2. The zero-order valence-electron chi connectivity index (χ0n) is 9.80. The van der Waals surface area contributed by atoms with Crippen molar-refractivity contribution in [2.24, 2.45) is 0 Å². The highest BCUT2D eigenvalue weighted by atomic mass is 16.2. The number of piperazine rings is 1. The molecule has 90 valence electrons. The van der Waals surface area contributed by atoms with Crippen molar-refractivity contribution in [2.45, 2.75) is 6.92 Å². The van der Waals surface area contributed by atoms with Crippen LogP contribution in [0.4, 0.5) is 5.69 Å². The van der Waals surface area contributed by atoms with Crippen LogP contribution >= 0.6 is 0 Å². The molecule has 0 unspecified atom stereocenters. The highest BCUT2D eigenvalue weighted by Crippen LogP contribution is 2.15. The molecule has 0 spiro atoms. The standard InChI is InChI=1S/C12H15N3O2/c1-10(17)14-4-6-15(7-5-14)12-3-2-11(9-16)13-8-12/h2-3,8-9H,4-7H2,1H3. The van der Waals surface area contributed by atoms with Crippen LogP contribution in [0.15, 0.2) is 18.3 Å². The summed E-state index contributed by atoms with van der Waals surface area (Å²) in [6.45, 7) is 4.69. The van der Waals surface area contributed by atoms with Gasteiger partial charge in [-0.1, -0.05) is 0 Å². The van der Waals surface area contributed by atoms with E-state index in [0.29, 0.717) is 5.69 Å². The van der Waals surface area contributed by atoms with Crippen LogP contribution in [0.25, 0.3) is 0 Å². The predicted octanol–water partition coefficient (Wildman–Crippen LogP) is 0.563. The van der Waals surface area contributed by atoms with E-state index in [0.717, 1.165) is 38.2 Å². The van der Waals surface area contributed by atoms with E-state index in [-0.39, 0.29) is 5.91 Å². The Morgan fingerprint density at radius 1 is 1.29 bits per heavy atom. The van der Waals surface area contributed by atoms with Crippen molar-refractivity contribution in [3.63, 3.8) is 0 Å². The number of hydrogen-bond donors (Lipinski definition) is 0. The number of amides is 1. The van der Waals surface area contributed by atoms with Gasteiger partial charge in [0, 0.05) is 33.1 Å². The Morgan fingerprint density at radius 3 is 2.47 bits per heavy atom. The summed E-state index contributed by atoms with van der Waals surface area (Å²) in [4.78, 5) is 29.7. The largest absolute Gasteiger partial charge is 0.367 e. The minimum Gasteiger partial charge on any atom is -0.367 e. The average Bonchev–Trinajstić information content (AvgIpc) is 2.39. The summed E-state index contributed by atoms with van der Waals surface area (Å²) in [5, 5.41) is 0. The maximum atomic E-state index is 11.2. The first-order valence-corrected chi connectivity index (χ1v) is 5.62.